The van der Waals surface area contributed by atoms with E-state index in [4.69, 9.17) is 4.98 Å². The number of benzene rings is 1. The predicted octanol–water partition coefficient (Wildman–Crippen LogP) is 5.39. The van der Waals surface area contributed by atoms with Gasteiger partial charge in [0.1, 0.15) is 6.17 Å². The highest BCUT2D eigenvalue weighted by Crippen LogP contribution is 2.40. The fraction of sp³-hybridized carbons (Fsp3) is 0.120. The minimum atomic E-state index is -0.0438. The summed E-state index contributed by atoms with van der Waals surface area (Å²) >= 11 is 3.69. The van der Waals surface area contributed by atoms with Crippen LogP contribution in [-0.4, -0.2) is 21.0 Å². The van der Waals surface area contributed by atoms with Crippen LogP contribution in [0, 0.1) is 0 Å². The fourth-order valence-corrected chi connectivity index (χ4v) is 4.23. The zero-order valence-corrected chi connectivity index (χ0v) is 17.9. The van der Waals surface area contributed by atoms with Gasteiger partial charge in [-0.15, -0.1) is 0 Å². The highest BCUT2D eigenvalue weighted by molar-refractivity contribution is 9.09. The number of anilines is 1. The van der Waals surface area contributed by atoms with Crippen molar-refractivity contribution in [1.29, 1.82) is 0 Å². The minimum Gasteiger partial charge on any atom is -0.358 e. The van der Waals surface area contributed by atoms with Crippen molar-refractivity contribution in [2.24, 2.45) is 0 Å². The Morgan fingerprint density at radius 1 is 0.867 bits per heavy atom. The summed E-state index contributed by atoms with van der Waals surface area (Å²) in [6.45, 7) is 0. The first-order valence-corrected chi connectivity index (χ1v) is 10.9. The van der Waals surface area contributed by atoms with Gasteiger partial charge in [-0.1, -0.05) is 64.5 Å². The SMILES string of the molecule is BrC1C=CC([C@@H]2NC(c3ccccn3)=C(c3ccccn3)N2c2ccccc2)=CC1. The molecule has 1 aliphatic carbocycles. The number of hydrogen-bond acceptors (Lipinski definition) is 4. The molecule has 0 saturated carbocycles. The maximum Gasteiger partial charge on any atom is 0.130 e. The summed E-state index contributed by atoms with van der Waals surface area (Å²) in [4.78, 5) is 12.0. The summed E-state index contributed by atoms with van der Waals surface area (Å²) in [5, 5.41) is 3.76. The molecule has 1 aliphatic heterocycles. The molecule has 30 heavy (non-hydrogen) atoms. The summed E-state index contributed by atoms with van der Waals surface area (Å²) in [6.07, 6.45) is 11.3. The largest absolute Gasteiger partial charge is 0.358 e. The molecule has 3 heterocycles. The van der Waals surface area contributed by atoms with E-state index in [-0.39, 0.29) is 6.17 Å². The molecule has 0 radical (unpaired) electrons. The van der Waals surface area contributed by atoms with E-state index in [9.17, 15) is 0 Å². The Kier molecular flexibility index (Phi) is 5.20. The van der Waals surface area contributed by atoms with Crippen LogP contribution in [0.5, 0.6) is 0 Å². The second-order valence-corrected chi connectivity index (χ2v) is 8.40. The summed E-state index contributed by atoms with van der Waals surface area (Å²) in [7, 11) is 0. The Balaban J connectivity index is 1.70. The number of nitrogens with zero attached hydrogens (tertiary/aromatic N) is 3. The van der Waals surface area contributed by atoms with Crippen molar-refractivity contribution >= 4 is 33.0 Å². The second-order valence-electron chi connectivity index (χ2n) is 7.22. The lowest BCUT2D eigenvalue weighted by atomic mass is 10.0. The maximum atomic E-state index is 4.69. The first-order valence-electron chi connectivity index (χ1n) is 10.0. The molecule has 5 rings (SSSR count). The van der Waals surface area contributed by atoms with Crippen LogP contribution in [0.4, 0.5) is 5.69 Å². The smallest absolute Gasteiger partial charge is 0.130 e. The lowest BCUT2D eigenvalue weighted by Crippen LogP contribution is -2.39. The predicted molar refractivity (Wildman–Crippen MR) is 126 cm³/mol. The third-order valence-electron chi connectivity index (χ3n) is 5.27. The van der Waals surface area contributed by atoms with E-state index in [0.717, 1.165) is 34.9 Å². The highest BCUT2D eigenvalue weighted by atomic mass is 79.9. The summed E-state index contributed by atoms with van der Waals surface area (Å²) in [6, 6.07) is 22.5. The Labute approximate surface area is 184 Å². The summed E-state index contributed by atoms with van der Waals surface area (Å²) < 4.78 is 0. The van der Waals surface area contributed by atoms with Crippen LogP contribution in [-0.2, 0) is 0 Å². The first-order chi connectivity index (χ1) is 14.8. The molecule has 148 valence electrons. The van der Waals surface area contributed by atoms with Gasteiger partial charge in [-0.2, -0.15) is 0 Å². The van der Waals surface area contributed by atoms with Gasteiger partial charge in [-0.25, -0.2) is 0 Å². The van der Waals surface area contributed by atoms with Gasteiger partial charge in [-0.3, -0.25) is 9.97 Å². The quantitative estimate of drug-likeness (QED) is 0.534. The van der Waals surface area contributed by atoms with Crippen LogP contribution < -0.4 is 10.2 Å². The molecule has 3 aromatic rings. The van der Waals surface area contributed by atoms with Gasteiger partial charge in [0, 0.05) is 22.9 Å². The van der Waals surface area contributed by atoms with E-state index in [1.165, 1.54) is 5.57 Å². The molecule has 0 fully saturated rings. The molecule has 1 unspecified atom stereocenters. The van der Waals surface area contributed by atoms with E-state index < -0.39 is 0 Å². The number of halogens is 1. The Bertz CT molecular complexity index is 1110. The van der Waals surface area contributed by atoms with Crippen molar-refractivity contribution in [1.82, 2.24) is 15.3 Å². The van der Waals surface area contributed by atoms with Crippen LogP contribution >= 0.6 is 15.9 Å². The molecule has 1 aromatic carbocycles. The van der Waals surface area contributed by atoms with Crippen molar-refractivity contribution in [3.8, 4) is 0 Å². The van der Waals surface area contributed by atoms with Crippen molar-refractivity contribution < 1.29 is 0 Å². The van der Waals surface area contributed by atoms with E-state index >= 15 is 0 Å². The van der Waals surface area contributed by atoms with Crippen molar-refractivity contribution in [2.75, 3.05) is 4.90 Å². The molecule has 5 heteroatoms. The third-order valence-corrected chi connectivity index (χ3v) is 5.95. The average molecular weight is 457 g/mol. The van der Waals surface area contributed by atoms with Crippen LogP contribution in [0.15, 0.2) is 103 Å². The Morgan fingerprint density at radius 3 is 2.20 bits per heavy atom. The standard InChI is InChI=1S/C25H21BrN4/c26-19-14-12-18(13-15-19)25-29-23(21-10-4-6-16-27-21)24(22-11-5-7-17-28-22)30(25)20-8-2-1-3-9-20/h1-14,16-17,19,25,29H,15H2/t19?,25-/m1/s1. The van der Waals surface area contributed by atoms with Gasteiger partial charge in [0.25, 0.3) is 0 Å². The third kappa shape index (κ3) is 3.57. The number of rotatable bonds is 4. The lowest BCUT2D eigenvalue weighted by molar-refractivity contribution is 0.725. The molecule has 1 N–H and O–H groups in total. The number of alkyl halides is 1. The normalized spacial score (nSPS) is 20.8. The molecular formula is C25H21BrN4. The van der Waals surface area contributed by atoms with Gasteiger partial charge in [0.2, 0.25) is 0 Å². The number of nitrogens with one attached hydrogen (secondary N) is 1. The van der Waals surface area contributed by atoms with Crippen molar-refractivity contribution in [2.45, 2.75) is 17.4 Å². The van der Waals surface area contributed by atoms with E-state index in [1.807, 2.05) is 48.8 Å². The summed E-state index contributed by atoms with van der Waals surface area (Å²) in [5.74, 6) is 0. The minimum absolute atomic E-state index is 0.0438. The topological polar surface area (TPSA) is 41.1 Å². The molecule has 0 saturated heterocycles. The van der Waals surface area contributed by atoms with Crippen LogP contribution in [0.3, 0.4) is 0 Å². The number of pyridine rings is 2. The van der Waals surface area contributed by atoms with Crippen LogP contribution in [0.25, 0.3) is 11.4 Å². The molecule has 0 spiro atoms. The van der Waals surface area contributed by atoms with E-state index in [2.05, 4.69) is 79.7 Å². The number of aromatic nitrogens is 2. The average Bonchev–Trinajstić information content (AvgIpc) is 3.22. The van der Waals surface area contributed by atoms with Crippen molar-refractivity contribution in [3.63, 3.8) is 0 Å². The second kappa shape index (κ2) is 8.28. The van der Waals surface area contributed by atoms with Gasteiger partial charge >= 0.3 is 0 Å². The molecular weight excluding hydrogens is 436 g/mol. The van der Waals surface area contributed by atoms with Crippen LogP contribution in [0.2, 0.25) is 0 Å². The molecule has 2 atom stereocenters. The fourth-order valence-electron chi connectivity index (χ4n) is 3.89. The molecule has 4 nitrogen and oxygen atoms in total. The van der Waals surface area contributed by atoms with Gasteiger partial charge < -0.3 is 10.2 Å². The van der Waals surface area contributed by atoms with Gasteiger partial charge in [0.05, 0.1) is 22.8 Å². The van der Waals surface area contributed by atoms with Gasteiger partial charge in [-0.05, 0) is 48.4 Å². The number of allylic oxidation sites excluding steroid dienone is 2. The summed E-state index contributed by atoms with van der Waals surface area (Å²) in [5.41, 5.74) is 6.17. The Hall–Kier alpha value is -3.18. The van der Waals surface area contributed by atoms with Gasteiger partial charge in [0.15, 0.2) is 0 Å². The van der Waals surface area contributed by atoms with Crippen LogP contribution in [0.1, 0.15) is 17.8 Å². The van der Waals surface area contributed by atoms with E-state index in [0.29, 0.717) is 4.83 Å². The molecule has 0 amide bonds. The zero-order chi connectivity index (χ0) is 20.3. The number of hydrogen-bond donors (Lipinski definition) is 1. The number of para-hydroxylation sites is 1. The highest BCUT2D eigenvalue weighted by Gasteiger charge is 2.36. The lowest BCUT2D eigenvalue weighted by Gasteiger charge is -2.31. The molecule has 0 bridgehead atoms. The zero-order valence-electron chi connectivity index (χ0n) is 16.3. The molecule has 2 aliphatic rings. The first kappa shape index (κ1) is 18.8. The maximum absolute atomic E-state index is 4.69. The van der Waals surface area contributed by atoms with E-state index in [1.54, 1.807) is 0 Å². The monoisotopic (exact) mass is 456 g/mol. The molecule has 2 aromatic heterocycles. The Morgan fingerprint density at radius 2 is 1.57 bits per heavy atom. The van der Waals surface area contributed by atoms with Crippen molar-refractivity contribution in [3.05, 3.63) is 114 Å².